The molecule has 1 aromatic heterocycles. The topological polar surface area (TPSA) is 27.3 Å². The molecular formula is C20H25N3S2. The monoisotopic (exact) mass is 371 g/mol. The van der Waals surface area contributed by atoms with E-state index in [1.807, 2.05) is 11.3 Å². The molecule has 0 radical (unpaired) electrons. The van der Waals surface area contributed by atoms with Crippen LogP contribution in [0.1, 0.15) is 36.1 Å². The second-order valence-electron chi connectivity index (χ2n) is 7.27. The highest BCUT2D eigenvalue weighted by atomic mass is 32.1. The van der Waals surface area contributed by atoms with Crippen LogP contribution in [-0.2, 0) is 6.54 Å². The van der Waals surface area contributed by atoms with E-state index in [1.165, 1.54) is 36.1 Å². The molecule has 3 nitrogen and oxygen atoms in total. The van der Waals surface area contributed by atoms with E-state index in [9.17, 15) is 0 Å². The van der Waals surface area contributed by atoms with Gasteiger partial charge in [0.05, 0.1) is 0 Å². The average molecular weight is 372 g/mol. The first kappa shape index (κ1) is 17.0. The van der Waals surface area contributed by atoms with Crippen molar-refractivity contribution in [3.05, 3.63) is 52.2 Å². The Balaban J connectivity index is 1.32. The largest absolute Gasteiger partial charge is 0.360 e. The number of anilines is 1. The average Bonchev–Trinajstić information content (AvgIpc) is 3.15. The van der Waals surface area contributed by atoms with Gasteiger partial charge in [-0.05, 0) is 74.0 Å². The molecule has 2 aromatic rings. The van der Waals surface area contributed by atoms with Crippen molar-refractivity contribution in [1.29, 1.82) is 0 Å². The smallest absolute Gasteiger partial charge is 0.170 e. The number of benzene rings is 1. The number of thiophene rings is 1. The van der Waals surface area contributed by atoms with Crippen molar-refractivity contribution in [3.8, 4) is 0 Å². The predicted octanol–water partition coefficient (Wildman–Crippen LogP) is 4.54. The second-order valence-corrected chi connectivity index (χ2v) is 8.71. The van der Waals surface area contributed by atoms with E-state index in [2.05, 4.69) is 64.2 Å². The van der Waals surface area contributed by atoms with Gasteiger partial charge in [-0.1, -0.05) is 18.2 Å². The van der Waals surface area contributed by atoms with E-state index in [0.29, 0.717) is 18.1 Å². The van der Waals surface area contributed by atoms with Crippen molar-refractivity contribution in [1.82, 2.24) is 10.2 Å². The van der Waals surface area contributed by atoms with Crippen LogP contribution in [-0.4, -0.2) is 28.1 Å². The molecule has 132 valence electrons. The van der Waals surface area contributed by atoms with E-state index in [4.69, 9.17) is 12.2 Å². The first-order valence-corrected chi connectivity index (χ1v) is 10.4. The highest BCUT2D eigenvalue weighted by molar-refractivity contribution is 7.80. The Kier molecular flexibility index (Phi) is 5.06. The molecule has 4 rings (SSSR count). The molecule has 2 aliphatic heterocycles. The summed E-state index contributed by atoms with van der Waals surface area (Å²) < 4.78 is 0. The van der Waals surface area contributed by atoms with Crippen molar-refractivity contribution in [3.63, 3.8) is 0 Å². The molecular weight excluding hydrogens is 346 g/mol. The third-order valence-corrected chi connectivity index (χ3v) is 6.50. The molecule has 25 heavy (non-hydrogen) atoms. The number of thiocarbonyl (C=S) groups is 1. The number of nitrogens with zero attached hydrogens (tertiary/aromatic N) is 1. The molecule has 2 bridgehead atoms. The Bertz CT molecular complexity index is 714. The Morgan fingerprint density at radius 3 is 2.68 bits per heavy atom. The van der Waals surface area contributed by atoms with Gasteiger partial charge >= 0.3 is 0 Å². The molecule has 2 atom stereocenters. The molecule has 2 saturated heterocycles. The third kappa shape index (κ3) is 4.05. The predicted molar refractivity (Wildman–Crippen MR) is 110 cm³/mol. The van der Waals surface area contributed by atoms with Crippen LogP contribution < -0.4 is 10.6 Å². The highest BCUT2D eigenvalue weighted by Gasteiger charge is 2.40. The van der Waals surface area contributed by atoms with Crippen LogP contribution in [0.15, 0.2) is 41.8 Å². The summed E-state index contributed by atoms with van der Waals surface area (Å²) in [7, 11) is 0. The summed E-state index contributed by atoms with van der Waals surface area (Å²) in [5, 5.41) is 9.83. The van der Waals surface area contributed by atoms with Gasteiger partial charge < -0.3 is 10.6 Å². The van der Waals surface area contributed by atoms with Crippen molar-refractivity contribution >= 4 is 34.4 Å². The minimum Gasteiger partial charge on any atom is -0.360 e. The Morgan fingerprint density at radius 1 is 1.20 bits per heavy atom. The van der Waals surface area contributed by atoms with Crippen LogP contribution >= 0.6 is 23.6 Å². The van der Waals surface area contributed by atoms with Gasteiger partial charge in [-0.15, -0.1) is 11.3 Å². The minimum absolute atomic E-state index is 0.488. The van der Waals surface area contributed by atoms with Crippen LogP contribution in [0.3, 0.4) is 0 Å². The summed E-state index contributed by atoms with van der Waals surface area (Å²) in [6.07, 6.45) is 5.04. The fourth-order valence-corrected chi connectivity index (χ4v) is 5.31. The normalized spacial score (nSPS) is 25.7. The maximum absolute atomic E-state index is 5.55. The minimum atomic E-state index is 0.488. The van der Waals surface area contributed by atoms with Gasteiger partial charge in [0.1, 0.15) is 0 Å². The molecule has 0 aliphatic carbocycles. The second kappa shape index (κ2) is 7.44. The van der Waals surface area contributed by atoms with Crippen LogP contribution in [0.2, 0.25) is 0 Å². The Labute approximate surface area is 159 Å². The zero-order valence-electron chi connectivity index (χ0n) is 14.6. The third-order valence-electron chi connectivity index (χ3n) is 5.41. The lowest BCUT2D eigenvalue weighted by Gasteiger charge is -2.39. The molecule has 0 unspecified atom stereocenters. The van der Waals surface area contributed by atoms with E-state index >= 15 is 0 Å². The molecule has 0 amide bonds. The number of fused-ring (bicyclic) bond motifs is 2. The van der Waals surface area contributed by atoms with Gasteiger partial charge in [0.25, 0.3) is 0 Å². The highest BCUT2D eigenvalue weighted by Crippen LogP contribution is 2.37. The first-order valence-electron chi connectivity index (χ1n) is 9.10. The lowest BCUT2D eigenvalue weighted by Crippen LogP contribution is -2.50. The fourth-order valence-electron chi connectivity index (χ4n) is 4.31. The number of hydrogen-bond donors (Lipinski definition) is 2. The lowest BCUT2D eigenvalue weighted by atomic mass is 9.97. The van der Waals surface area contributed by atoms with E-state index in [1.54, 1.807) is 0 Å². The lowest BCUT2D eigenvalue weighted by molar-refractivity contribution is 0.116. The quantitative estimate of drug-likeness (QED) is 0.772. The Hall–Kier alpha value is -1.43. The van der Waals surface area contributed by atoms with Gasteiger partial charge in [-0.2, -0.15) is 0 Å². The number of rotatable bonds is 4. The van der Waals surface area contributed by atoms with E-state index < -0.39 is 0 Å². The summed E-state index contributed by atoms with van der Waals surface area (Å²) in [5.74, 6) is 0. The molecule has 2 fully saturated rings. The van der Waals surface area contributed by atoms with Crippen LogP contribution in [0.4, 0.5) is 5.69 Å². The molecule has 5 heteroatoms. The van der Waals surface area contributed by atoms with E-state index in [-0.39, 0.29) is 0 Å². The number of piperidine rings is 1. The standard InChI is InChI=1S/C20H25N3S2/c1-14-4-2-5-15(10-14)21-20(24)22-16-11-17-7-8-18(12-16)23(17)13-19-6-3-9-25-19/h2-6,9-10,16-18H,7-8,11-13H2,1H3,(H2,21,22,24)/t17-,18-/m1/s1. The van der Waals surface area contributed by atoms with Crippen molar-refractivity contribution in [2.45, 2.75) is 57.3 Å². The molecule has 0 saturated carbocycles. The molecule has 2 aliphatic rings. The number of aryl methyl sites for hydroxylation is 1. The van der Waals surface area contributed by atoms with Gasteiger partial charge in [-0.25, -0.2) is 0 Å². The summed E-state index contributed by atoms with van der Waals surface area (Å²) >= 11 is 7.42. The van der Waals surface area contributed by atoms with Crippen LogP contribution in [0, 0.1) is 6.92 Å². The summed E-state index contributed by atoms with van der Waals surface area (Å²) in [6, 6.07) is 14.6. The Morgan fingerprint density at radius 2 is 2.00 bits per heavy atom. The molecule has 0 spiro atoms. The number of nitrogens with one attached hydrogen (secondary N) is 2. The van der Waals surface area contributed by atoms with Crippen LogP contribution in [0.25, 0.3) is 0 Å². The zero-order valence-corrected chi connectivity index (χ0v) is 16.2. The van der Waals surface area contributed by atoms with Crippen molar-refractivity contribution < 1.29 is 0 Å². The fraction of sp³-hybridized carbons (Fsp3) is 0.450. The summed E-state index contributed by atoms with van der Waals surface area (Å²) in [4.78, 5) is 4.21. The van der Waals surface area contributed by atoms with Gasteiger partial charge in [0.2, 0.25) is 0 Å². The van der Waals surface area contributed by atoms with Crippen LogP contribution in [0.5, 0.6) is 0 Å². The maximum Gasteiger partial charge on any atom is 0.170 e. The van der Waals surface area contributed by atoms with Gasteiger partial charge in [-0.3, -0.25) is 4.90 Å². The summed E-state index contributed by atoms with van der Waals surface area (Å²) in [5.41, 5.74) is 2.31. The van der Waals surface area contributed by atoms with E-state index in [0.717, 1.165) is 17.3 Å². The molecule has 1 aromatic carbocycles. The molecule has 3 heterocycles. The SMILES string of the molecule is Cc1cccc(NC(=S)NC2C[C@H]3CC[C@H](C2)N3Cc2cccs2)c1. The van der Waals surface area contributed by atoms with Crippen molar-refractivity contribution in [2.24, 2.45) is 0 Å². The van der Waals surface area contributed by atoms with Gasteiger partial charge in [0, 0.05) is 35.2 Å². The van der Waals surface area contributed by atoms with Gasteiger partial charge in [0.15, 0.2) is 5.11 Å². The zero-order chi connectivity index (χ0) is 17.2. The molecule has 2 N–H and O–H groups in total. The number of hydrogen-bond acceptors (Lipinski definition) is 3. The summed E-state index contributed by atoms with van der Waals surface area (Å²) in [6.45, 7) is 3.22. The van der Waals surface area contributed by atoms with Crippen molar-refractivity contribution in [2.75, 3.05) is 5.32 Å². The maximum atomic E-state index is 5.55. The first-order chi connectivity index (χ1) is 12.2.